The number of hydrogen-bond donors (Lipinski definition) is 1. The normalized spacial score (nSPS) is 16.8. The first-order chi connectivity index (χ1) is 9.26. The number of aryl methyl sites for hydroxylation is 1. The van der Waals surface area contributed by atoms with Crippen molar-refractivity contribution < 1.29 is 13.9 Å². The molecule has 1 saturated heterocycles. The molecule has 0 unspecified atom stereocenters. The van der Waals surface area contributed by atoms with Gasteiger partial charge in [0.15, 0.2) is 0 Å². The van der Waals surface area contributed by atoms with Crippen LogP contribution < -0.4 is 5.73 Å². The van der Waals surface area contributed by atoms with Crippen LogP contribution in [0.25, 0.3) is 0 Å². The largest absolute Gasteiger partial charge is 0.469 e. The number of amides is 1. The van der Waals surface area contributed by atoms with Gasteiger partial charge in [0.2, 0.25) is 0 Å². The van der Waals surface area contributed by atoms with Gasteiger partial charge in [0.1, 0.15) is 5.76 Å². The Morgan fingerprint density at radius 1 is 1.53 bits per heavy atom. The zero-order valence-electron chi connectivity index (χ0n) is 11.4. The monoisotopic (exact) mass is 266 g/mol. The number of rotatable bonds is 5. The second-order valence-corrected chi connectivity index (χ2v) is 4.76. The molecule has 1 fully saturated rings. The van der Waals surface area contributed by atoms with E-state index < -0.39 is 0 Å². The first-order valence-corrected chi connectivity index (χ1v) is 6.93. The van der Waals surface area contributed by atoms with Crippen LogP contribution in [-0.2, 0) is 11.2 Å². The predicted molar refractivity (Wildman–Crippen MR) is 72.0 cm³/mol. The van der Waals surface area contributed by atoms with Crippen molar-refractivity contribution in [2.75, 3.05) is 26.2 Å². The van der Waals surface area contributed by atoms with Gasteiger partial charge in [0.05, 0.1) is 24.5 Å². The Hall–Kier alpha value is -1.33. The average molecular weight is 266 g/mol. The molecule has 106 valence electrons. The minimum absolute atomic E-state index is 0.0721. The Kier molecular flexibility index (Phi) is 4.99. The van der Waals surface area contributed by atoms with Gasteiger partial charge in [-0.1, -0.05) is 6.92 Å². The molecule has 0 atom stereocenters. The van der Waals surface area contributed by atoms with Crippen molar-refractivity contribution in [3.8, 4) is 0 Å². The zero-order chi connectivity index (χ0) is 13.7. The molecule has 1 aliphatic heterocycles. The molecule has 2 rings (SSSR count). The van der Waals surface area contributed by atoms with Crippen LogP contribution in [0.3, 0.4) is 0 Å². The van der Waals surface area contributed by atoms with E-state index in [0.29, 0.717) is 18.7 Å². The number of piperidine rings is 1. The van der Waals surface area contributed by atoms with E-state index in [1.807, 2.05) is 11.8 Å². The first kappa shape index (κ1) is 14.1. The topological polar surface area (TPSA) is 68.7 Å². The Bertz CT molecular complexity index is 409. The van der Waals surface area contributed by atoms with Crippen LogP contribution in [0.4, 0.5) is 0 Å². The van der Waals surface area contributed by atoms with Crippen molar-refractivity contribution >= 4 is 5.91 Å². The fourth-order valence-electron chi connectivity index (χ4n) is 2.44. The van der Waals surface area contributed by atoms with Gasteiger partial charge in [-0.15, -0.1) is 0 Å². The van der Waals surface area contributed by atoms with Gasteiger partial charge in [-0.3, -0.25) is 4.79 Å². The molecule has 5 nitrogen and oxygen atoms in total. The van der Waals surface area contributed by atoms with Gasteiger partial charge in [0.25, 0.3) is 5.91 Å². The molecule has 0 radical (unpaired) electrons. The van der Waals surface area contributed by atoms with E-state index in [-0.39, 0.29) is 12.0 Å². The lowest BCUT2D eigenvalue weighted by Crippen LogP contribution is -2.41. The minimum atomic E-state index is 0.0721. The van der Waals surface area contributed by atoms with E-state index >= 15 is 0 Å². The molecule has 2 heterocycles. The Morgan fingerprint density at radius 3 is 2.89 bits per heavy atom. The Balaban J connectivity index is 1.89. The molecule has 1 amide bonds. The highest BCUT2D eigenvalue weighted by Gasteiger charge is 2.25. The fourth-order valence-corrected chi connectivity index (χ4v) is 2.44. The van der Waals surface area contributed by atoms with Crippen molar-refractivity contribution in [3.63, 3.8) is 0 Å². The van der Waals surface area contributed by atoms with Crippen LogP contribution in [0.15, 0.2) is 16.7 Å². The van der Waals surface area contributed by atoms with Crippen molar-refractivity contribution in [3.05, 3.63) is 23.7 Å². The van der Waals surface area contributed by atoms with E-state index in [9.17, 15) is 4.79 Å². The molecule has 19 heavy (non-hydrogen) atoms. The van der Waals surface area contributed by atoms with Crippen LogP contribution in [0, 0.1) is 0 Å². The van der Waals surface area contributed by atoms with E-state index in [1.165, 1.54) is 0 Å². The second kappa shape index (κ2) is 6.73. The SMILES string of the molecule is CCc1occc1C(=O)N1CCC(OCCN)CC1. The molecule has 2 N–H and O–H groups in total. The maximum absolute atomic E-state index is 12.4. The molecule has 1 aliphatic rings. The van der Waals surface area contributed by atoms with Crippen molar-refractivity contribution in [1.82, 2.24) is 4.90 Å². The van der Waals surface area contributed by atoms with E-state index in [4.69, 9.17) is 14.9 Å². The number of hydrogen-bond acceptors (Lipinski definition) is 4. The number of ether oxygens (including phenoxy) is 1. The summed E-state index contributed by atoms with van der Waals surface area (Å²) in [4.78, 5) is 14.2. The summed E-state index contributed by atoms with van der Waals surface area (Å²) >= 11 is 0. The maximum Gasteiger partial charge on any atom is 0.257 e. The highest BCUT2D eigenvalue weighted by atomic mass is 16.5. The highest BCUT2D eigenvalue weighted by Crippen LogP contribution is 2.19. The highest BCUT2D eigenvalue weighted by molar-refractivity contribution is 5.95. The summed E-state index contributed by atoms with van der Waals surface area (Å²) in [6.07, 6.45) is 4.33. The van der Waals surface area contributed by atoms with E-state index in [0.717, 1.165) is 38.1 Å². The molecule has 1 aromatic rings. The second-order valence-electron chi connectivity index (χ2n) is 4.76. The molecule has 0 spiro atoms. The third kappa shape index (κ3) is 3.36. The predicted octanol–water partition coefficient (Wildman–Crippen LogP) is 1.42. The van der Waals surface area contributed by atoms with Crippen LogP contribution in [0.2, 0.25) is 0 Å². The van der Waals surface area contributed by atoms with Crippen molar-refractivity contribution in [2.24, 2.45) is 5.73 Å². The third-order valence-corrected chi connectivity index (χ3v) is 3.50. The summed E-state index contributed by atoms with van der Waals surface area (Å²) in [5.41, 5.74) is 6.12. The number of carbonyl (C=O) groups excluding carboxylic acids is 1. The number of nitrogens with two attached hydrogens (primary N) is 1. The van der Waals surface area contributed by atoms with Crippen molar-refractivity contribution in [1.29, 1.82) is 0 Å². The lowest BCUT2D eigenvalue weighted by Gasteiger charge is -2.31. The molecule has 0 aliphatic carbocycles. The third-order valence-electron chi connectivity index (χ3n) is 3.50. The van der Waals surface area contributed by atoms with E-state index in [2.05, 4.69) is 0 Å². The van der Waals surface area contributed by atoms with Crippen LogP contribution >= 0.6 is 0 Å². The van der Waals surface area contributed by atoms with Gasteiger partial charge in [-0.25, -0.2) is 0 Å². The number of likely N-dealkylation sites (tertiary alicyclic amines) is 1. The van der Waals surface area contributed by atoms with Crippen LogP contribution in [0.1, 0.15) is 35.9 Å². The molecule has 0 saturated carbocycles. The lowest BCUT2D eigenvalue weighted by molar-refractivity contribution is 0.0121. The summed E-state index contributed by atoms with van der Waals surface area (Å²) in [6.45, 7) is 4.61. The molecule has 0 aromatic carbocycles. The number of furan rings is 1. The van der Waals surface area contributed by atoms with Gasteiger partial charge in [-0.05, 0) is 18.9 Å². The van der Waals surface area contributed by atoms with Gasteiger partial charge in [-0.2, -0.15) is 0 Å². The number of carbonyl (C=O) groups is 1. The molecule has 1 aromatic heterocycles. The van der Waals surface area contributed by atoms with Gasteiger partial charge < -0.3 is 19.8 Å². The standard InChI is InChI=1S/C14H22N2O3/c1-2-13-12(5-9-19-13)14(17)16-7-3-11(4-8-16)18-10-6-15/h5,9,11H,2-4,6-8,10,15H2,1H3. The quantitative estimate of drug-likeness (QED) is 0.875. The molecular formula is C14H22N2O3. The summed E-state index contributed by atoms with van der Waals surface area (Å²) in [7, 11) is 0. The smallest absolute Gasteiger partial charge is 0.257 e. The summed E-state index contributed by atoms with van der Waals surface area (Å²) in [5.74, 6) is 0.842. The molecule has 5 heteroatoms. The fraction of sp³-hybridized carbons (Fsp3) is 0.643. The van der Waals surface area contributed by atoms with E-state index in [1.54, 1.807) is 12.3 Å². The molecular weight excluding hydrogens is 244 g/mol. The summed E-state index contributed by atoms with van der Waals surface area (Å²) in [6, 6.07) is 1.76. The van der Waals surface area contributed by atoms with Gasteiger partial charge in [0, 0.05) is 26.1 Å². The lowest BCUT2D eigenvalue weighted by atomic mass is 10.1. The van der Waals surface area contributed by atoms with Crippen molar-refractivity contribution in [2.45, 2.75) is 32.3 Å². The summed E-state index contributed by atoms with van der Waals surface area (Å²) in [5, 5.41) is 0. The minimum Gasteiger partial charge on any atom is -0.469 e. The average Bonchev–Trinajstić information content (AvgIpc) is 2.93. The Labute approximate surface area is 113 Å². The first-order valence-electron chi connectivity index (χ1n) is 6.93. The maximum atomic E-state index is 12.4. The summed E-state index contributed by atoms with van der Waals surface area (Å²) < 4.78 is 10.9. The Morgan fingerprint density at radius 2 is 2.26 bits per heavy atom. The number of nitrogens with zero attached hydrogens (tertiary/aromatic N) is 1. The van der Waals surface area contributed by atoms with Crippen LogP contribution in [-0.4, -0.2) is 43.2 Å². The van der Waals surface area contributed by atoms with Gasteiger partial charge >= 0.3 is 0 Å². The van der Waals surface area contributed by atoms with Crippen LogP contribution in [0.5, 0.6) is 0 Å². The zero-order valence-corrected chi connectivity index (χ0v) is 11.4. The molecule has 0 bridgehead atoms.